The molecule has 0 radical (unpaired) electrons. The summed E-state index contributed by atoms with van der Waals surface area (Å²) < 4.78 is 13.2. The predicted octanol–water partition coefficient (Wildman–Crippen LogP) is 2.31. The molecule has 2 rings (SSSR count). The summed E-state index contributed by atoms with van der Waals surface area (Å²) in [6, 6.07) is 3.74. The number of aliphatic hydroxyl groups excluding tert-OH is 1. The van der Waals surface area contributed by atoms with Crippen LogP contribution < -0.4 is 5.32 Å². The van der Waals surface area contributed by atoms with Gasteiger partial charge in [-0.2, -0.15) is 4.39 Å². The van der Waals surface area contributed by atoms with E-state index < -0.39 is 16.4 Å². The number of aliphatic hydroxyl groups is 1. The maximum absolute atomic E-state index is 13.2. The summed E-state index contributed by atoms with van der Waals surface area (Å²) in [7, 11) is 0. The summed E-state index contributed by atoms with van der Waals surface area (Å²) in [5, 5.41) is 23.3. The van der Waals surface area contributed by atoms with Gasteiger partial charge in [0.15, 0.2) is 0 Å². The fraction of sp³-hybridized carbons (Fsp3) is 0.500. The standard InChI is InChI=1S/C12H15FN2O3/c1-12(2)10(6-11(12)16)14-7-3-4-8(13)9(5-7)15(17)18/h3-5,10-11,14,16H,6H2,1-2H3. The van der Waals surface area contributed by atoms with Crippen LogP contribution in [-0.2, 0) is 0 Å². The SMILES string of the molecule is CC1(C)C(O)CC1Nc1ccc(F)c([N+](=O)[O-])c1. The van der Waals surface area contributed by atoms with Gasteiger partial charge in [0.25, 0.3) is 0 Å². The molecule has 1 saturated carbocycles. The number of hydrogen-bond acceptors (Lipinski definition) is 4. The third-order valence-electron chi connectivity index (χ3n) is 3.70. The van der Waals surface area contributed by atoms with Gasteiger partial charge in [0, 0.05) is 23.2 Å². The van der Waals surface area contributed by atoms with E-state index in [1.54, 1.807) is 0 Å². The zero-order valence-corrected chi connectivity index (χ0v) is 10.2. The Morgan fingerprint density at radius 3 is 2.72 bits per heavy atom. The predicted molar refractivity (Wildman–Crippen MR) is 64.9 cm³/mol. The second kappa shape index (κ2) is 4.20. The van der Waals surface area contributed by atoms with E-state index in [0.717, 1.165) is 6.07 Å². The minimum atomic E-state index is -0.849. The number of nitro groups is 1. The minimum Gasteiger partial charge on any atom is -0.392 e. The summed E-state index contributed by atoms with van der Waals surface area (Å²) in [5.41, 5.74) is -0.339. The summed E-state index contributed by atoms with van der Waals surface area (Å²) in [4.78, 5) is 9.87. The molecule has 5 nitrogen and oxygen atoms in total. The number of nitrogens with zero attached hydrogens (tertiary/aromatic N) is 1. The van der Waals surface area contributed by atoms with Crippen LogP contribution in [0.15, 0.2) is 18.2 Å². The Balaban J connectivity index is 2.16. The second-order valence-corrected chi connectivity index (χ2v) is 5.19. The van der Waals surface area contributed by atoms with Crippen molar-refractivity contribution in [1.29, 1.82) is 0 Å². The topological polar surface area (TPSA) is 75.4 Å². The number of rotatable bonds is 3. The first kappa shape index (κ1) is 12.8. The van der Waals surface area contributed by atoms with Gasteiger partial charge in [-0.05, 0) is 18.6 Å². The first-order valence-corrected chi connectivity index (χ1v) is 5.71. The van der Waals surface area contributed by atoms with Gasteiger partial charge >= 0.3 is 5.69 Å². The number of nitrogens with one attached hydrogen (secondary N) is 1. The fourth-order valence-electron chi connectivity index (χ4n) is 2.09. The Morgan fingerprint density at radius 2 is 2.22 bits per heavy atom. The summed E-state index contributed by atoms with van der Waals surface area (Å²) in [5.74, 6) is -0.849. The summed E-state index contributed by atoms with van der Waals surface area (Å²) >= 11 is 0. The van der Waals surface area contributed by atoms with Crippen LogP contribution in [0.3, 0.4) is 0 Å². The molecule has 2 atom stereocenters. The van der Waals surface area contributed by atoms with E-state index >= 15 is 0 Å². The Hall–Kier alpha value is -1.69. The Labute approximate surface area is 104 Å². The largest absolute Gasteiger partial charge is 0.392 e. The van der Waals surface area contributed by atoms with Crippen LogP contribution in [0.5, 0.6) is 0 Å². The van der Waals surface area contributed by atoms with Crippen molar-refractivity contribution in [3.8, 4) is 0 Å². The number of anilines is 1. The van der Waals surface area contributed by atoms with Crippen molar-refractivity contribution in [2.24, 2.45) is 5.41 Å². The smallest absolute Gasteiger partial charge is 0.306 e. The van der Waals surface area contributed by atoms with E-state index in [1.807, 2.05) is 13.8 Å². The van der Waals surface area contributed by atoms with E-state index in [9.17, 15) is 19.6 Å². The van der Waals surface area contributed by atoms with Crippen LogP contribution in [-0.4, -0.2) is 22.2 Å². The quantitative estimate of drug-likeness (QED) is 0.641. The van der Waals surface area contributed by atoms with Crippen LogP contribution in [0.4, 0.5) is 15.8 Å². The maximum Gasteiger partial charge on any atom is 0.306 e. The Kier molecular flexibility index (Phi) is 2.98. The maximum atomic E-state index is 13.2. The third-order valence-corrected chi connectivity index (χ3v) is 3.70. The van der Waals surface area contributed by atoms with Gasteiger partial charge in [0.1, 0.15) is 0 Å². The molecule has 0 aromatic heterocycles. The molecule has 0 spiro atoms. The third kappa shape index (κ3) is 2.03. The Morgan fingerprint density at radius 1 is 1.56 bits per heavy atom. The van der Waals surface area contributed by atoms with Crippen LogP contribution in [0.2, 0.25) is 0 Å². The lowest BCUT2D eigenvalue weighted by atomic mass is 9.64. The first-order chi connectivity index (χ1) is 8.32. The monoisotopic (exact) mass is 254 g/mol. The van der Waals surface area contributed by atoms with Gasteiger partial charge in [-0.25, -0.2) is 0 Å². The average molecular weight is 254 g/mol. The Bertz CT molecular complexity index is 490. The van der Waals surface area contributed by atoms with Gasteiger partial charge in [0.2, 0.25) is 5.82 Å². The molecule has 0 aliphatic heterocycles. The van der Waals surface area contributed by atoms with Crippen LogP contribution >= 0.6 is 0 Å². The molecule has 0 saturated heterocycles. The van der Waals surface area contributed by atoms with Gasteiger partial charge in [-0.1, -0.05) is 13.8 Å². The molecule has 2 unspecified atom stereocenters. The molecule has 2 N–H and O–H groups in total. The lowest BCUT2D eigenvalue weighted by Crippen LogP contribution is -2.56. The number of hydrogen-bond donors (Lipinski definition) is 2. The highest BCUT2D eigenvalue weighted by molar-refractivity contribution is 5.53. The van der Waals surface area contributed by atoms with Crippen LogP contribution in [0.25, 0.3) is 0 Å². The zero-order valence-electron chi connectivity index (χ0n) is 10.2. The molecule has 6 heteroatoms. The van der Waals surface area contributed by atoms with Crippen molar-refractivity contribution in [3.63, 3.8) is 0 Å². The molecule has 1 aliphatic carbocycles. The fourth-order valence-corrected chi connectivity index (χ4v) is 2.09. The first-order valence-electron chi connectivity index (χ1n) is 5.71. The zero-order chi connectivity index (χ0) is 13.5. The van der Waals surface area contributed by atoms with E-state index in [-0.39, 0.29) is 17.6 Å². The van der Waals surface area contributed by atoms with E-state index in [4.69, 9.17) is 0 Å². The molecule has 1 fully saturated rings. The minimum absolute atomic E-state index is 0.0255. The molecule has 98 valence electrons. The highest BCUT2D eigenvalue weighted by atomic mass is 19.1. The van der Waals surface area contributed by atoms with E-state index in [1.165, 1.54) is 12.1 Å². The van der Waals surface area contributed by atoms with E-state index in [2.05, 4.69) is 5.32 Å². The van der Waals surface area contributed by atoms with Crippen molar-refractivity contribution in [1.82, 2.24) is 0 Å². The molecular formula is C12H15FN2O3. The molecular weight excluding hydrogens is 239 g/mol. The second-order valence-electron chi connectivity index (χ2n) is 5.19. The average Bonchev–Trinajstić information content (AvgIpc) is 2.30. The van der Waals surface area contributed by atoms with Gasteiger partial charge in [-0.3, -0.25) is 10.1 Å². The lowest BCUT2D eigenvalue weighted by Gasteiger charge is -2.49. The molecule has 0 bridgehead atoms. The number of nitro benzene ring substituents is 1. The van der Waals surface area contributed by atoms with E-state index in [0.29, 0.717) is 12.1 Å². The van der Waals surface area contributed by atoms with Crippen molar-refractivity contribution >= 4 is 11.4 Å². The molecule has 1 aliphatic rings. The van der Waals surface area contributed by atoms with Crippen LogP contribution in [0, 0.1) is 21.3 Å². The molecule has 1 aromatic rings. The van der Waals surface area contributed by atoms with Crippen molar-refractivity contribution in [3.05, 3.63) is 34.1 Å². The normalized spacial score (nSPS) is 25.3. The van der Waals surface area contributed by atoms with Gasteiger partial charge < -0.3 is 10.4 Å². The molecule has 0 amide bonds. The van der Waals surface area contributed by atoms with Gasteiger partial charge in [-0.15, -0.1) is 0 Å². The van der Waals surface area contributed by atoms with Crippen molar-refractivity contribution < 1.29 is 14.4 Å². The molecule has 0 heterocycles. The highest BCUT2D eigenvalue weighted by Gasteiger charge is 2.47. The number of benzene rings is 1. The molecule has 1 aromatic carbocycles. The lowest BCUT2D eigenvalue weighted by molar-refractivity contribution is -0.387. The van der Waals surface area contributed by atoms with Crippen molar-refractivity contribution in [2.45, 2.75) is 32.4 Å². The molecule has 18 heavy (non-hydrogen) atoms. The van der Waals surface area contributed by atoms with Gasteiger partial charge in [0.05, 0.1) is 11.0 Å². The number of halogens is 1. The van der Waals surface area contributed by atoms with Crippen molar-refractivity contribution in [2.75, 3.05) is 5.32 Å². The van der Waals surface area contributed by atoms with Crippen LogP contribution in [0.1, 0.15) is 20.3 Å². The summed E-state index contributed by atoms with van der Waals surface area (Å²) in [6.07, 6.45) is 0.198. The summed E-state index contributed by atoms with van der Waals surface area (Å²) in [6.45, 7) is 3.83. The highest BCUT2D eigenvalue weighted by Crippen LogP contribution is 2.42.